The number of hydrogen-bond acceptors (Lipinski definition) is 4. The van der Waals surface area contributed by atoms with E-state index in [2.05, 4.69) is 4.98 Å². The second-order valence-electron chi connectivity index (χ2n) is 9.32. The molecule has 4 rings (SSSR count). The number of hydrogen-bond donors (Lipinski definition) is 1. The minimum Gasteiger partial charge on any atom is -0.444 e. The zero-order valence-corrected chi connectivity index (χ0v) is 18.6. The summed E-state index contributed by atoms with van der Waals surface area (Å²) in [4.78, 5) is 18.3. The van der Waals surface area contributed by atoms with Gasteiger partial charge in [0, 0.05) is 36.6 Å². The second kappa shape index (κ2) is 8.41. The van der Waals surface area contributed by atoms with Gasteiger partial charge >= 0.3 is 6.09 Å². The van der Waals surface area contributed by atoms with Crippen LogP contribution < -0.4 is 5.73 Å². The molecule has 170 valence electrons. The van der Waals surface area contributed by atoms with E-state index in [-0.39, 0.29) is 24.2 Å². The van der Waals surface area contributed by atoms with Crippen LogP contribution >= 0.6 is 0 Å². The number of likely N-dealkylation sites (tertiary alicyclic amines) is 1. The maximum absolute atomic E-state index is 14.9. The van der Waals surface area contributed by atoms with Crippen molar-refractivity contribution in [2.24, 2.45) is 0 Å². The van der Waals surface area contributed by atoms with Gasteiger partial charge in [0.05, 0.1) is 17.8 Å². The highest BCUT2D eigenvalue weighted by Gasteiger charge is 2.28. The highest BCUT2D eigenvalue weighted by Crippen LogP contribution is 2.30. The Morgan fingerprint density at radius 3 is 2.56 bits per heavy atom. The molecule has 1 aromatic carbocycles. The molecule has 8 heteroatoms. The lowest BCUT2D eigenvalue weighted by molar-refractivity contribution is 0.0204. The van der Waals surface area contributed by atoms with Gasteiger partial charge in [-0.3, -0.25) is 4.98 Å². The van der Waals surface area contributed by atoms with Gasteiger partial charge in [-0.1, -0.05) is 0 Å². The maximum atomic E-state index is 14.9. The van der Waals surface area contributed by atoms with Crippen LogP contribution in [-0.4, -0.2) is 39.2 Å². The highest BCUT2D eigenvalue weighted by molar-refractivity contribution is 5.84. The fourth-order valence-electron chi connectivity index (χ4n) is 4.15. The first-order chi connectivity index (χ1) is 15.1. The zero-order valence-electron chi connectivity index (χ0n) is 18.6. The Hall–Kier alpha value is -3.16. The molecular formula is C24H28F2N4O2. The summed E-state index contributed by atoms with van der Waals surface area (Å²) in [7, 11) is 0. The summed E-state index contributed by atoms with van der Waals surface area (Å²) in [6, 6.07) is 6.20. The Morgan fingerprint density at radius 1 is 1.19 bits per heavy atom. The number of fused-ring (bicyclic) bond motifs is 1. The van der Waals surface area contributed by atoms with Crippen LogP contribution in [0.1, 0.15) is 50.8 Å². The van der Waals surface area contributed by atoms with Crippen LogP contribution in [0.4, 0.5) is 19.3 Å². The van der Waals surface area contributed by atoms with E-state index in [1.54, 1.807) is 34.0 Å². The quantitative estimate of drug-likeness (QED) is 0.576. The average molecular weight is 443 g/mol. The van der Waals surface area contributed by atoms with Crippen molar-refractivity contribution < 1.29 is 18.3 Å². The summed E-state index contributed by atoms with van der Waals surface area (Å²) in [5.74, 6) is -0.744. The predicted molar refractivity (Wildman–Crippen MR) is 119 cm³/mol. The molecule has 0 atom stereocenters. The van der Waals surface area contributed by atoms with Gasteiger partial charge in [0.2, 0.25) is 0 Å². The largest absolute Gasteiger partial charge is 0.444 e. The van der Waals surface area contributed by atoms with Crippen LogP contribution in [0.15, 0.2) is 36.7 Å². The Morgan fingerprint density at radius 2 is 1.91 bits per heavy atom. The third kappa shape index (κ3) is 4.69. The minimum absolute atomic E-state index is 0.119. The predicted octanol–water partition coefficient (Wildman–Crippen LogP) is 5.06. The highest BCUT2D eigenvalue weighted by atomic mass is 19.1. The number of carbonyl (C=O) groups excluding carboxylic acids is 1. The first-order valence-corrected chi connectivity index (χ1v) is 10.8. The molecule has 1 saturated heterocycles. The van der Waals surface area contributed by atoms with E-state index < -0.39 is 17.2 Å². The average Bonchev–Trinajstić information content (AvgIpc) is 3.11. The van der Waals surface area contributed by atoms with Crippen LogP contribution in [-0.2, 0) is 11.3 Å². The Kier molecular flexibility index (Phi) is 5.79. The smallest absolute Gasteiger partial charge is 0.410 e. The molecule has 0 radical (unpaired) electrons. The van der Waals surface area contributed by atoms with Gasteiger partial charge in [-0.25, -0.2) is 13.6 Å². The first kappa shape index (κ1) is 22.0. The van der Waals surface area contributed by atoms with E-state index in [1.807, 2.05) is 20.8 Å². The summed E-state index contributed by atoms with van der Waals surface area (Å²) in [6.07, 6.45) is 4.51. The lowest BCUT2D eigenvalue weighted by Gasteiger charge is -2.33. The molecule has 1 amide bonds. The molecule has 32 heavy (non-hydrogen) atoms. The number of nitrogens with two attached hydrogens (primary N) is 1. The second-order valence-corrected chi connectivity index (χ2v) is 9.32. The third-order valence-corrected chi connectivity index (χ3v) is 5.71. The van der Waals surface area contributed by atoms with Crippen LogP contribution in [0.2, 0.25) is 0 Å². The minimum atomic E-state index is -0.530. The molecule has 3 heterocycles. The van der Waals surface area contributed by atoms with Crippen molar-refractivity contribution in [3.05, 3.63) is 59.6 Å². The number of nitrogen functional groups attached to an aromatic ring is 1. The normalized spacial score (nSPS) is 15.3. The molecule has 1 aliphatic rings. The molecule has 0 bridgehead atoms. The van der Waals surface area contributed by atoms with E-state index in [9.17, 15) is 13.6 Å². The lowest BCUT2D eigenvalue weighted by atomic mass is 9.90. The van der Waals surface area contributed by atoms with E-state index >= 15 is 0 Å². The molecule has 2 N–H and O–H groups in total. The number of pyridine rings is 1. The van der Waals surface area contributed by atoms with Crippen LogP contribution in [0.25, 0.3) is 10.9 Å². The van der Waals surface area contributed by atoms with Crippen LogP contribution in [0.5, 0.6) is 0 Å². The van der Waals surface area contributed by atoms with Gasteiger partial charge in [0.25, 0.3) is 0 Å². The summed E-state index contributed by atoms with van der Waals surface area (Å²) < 4.78 is 36.3. The summed E-state index contributed by atoms with van der Waals surface area (Å²) >= 11 is 0. The van der Waals surface area contributed by atoms with Crippen molar-refractivity contribution in [2.45, 2.75) is 51.7 Å². The topological polar surface area (TPSA) is 73.4 Å². The lowest BCUT2D eigenvalue weighted by Crippen LogP contribution is -2.41. The number of piperidine rings is 1. The number of ether oxygens (including phenoxy) is 1. The number of carbonyl (C=O) groups is 1. The zero-order chi connectivity index (χ0) is 23.0. The van der Waals surface area contributed by atoms with E-state index in [4.69, 9.17) is 10.5 Å². The fraction of sp³-hybridized carbons (Fsp3) is 0.417. The van der Waals surface area contributed by atoms with Gasteiger partial charge < -0.3 is 19.9 Å². The summed E-state index contributed by atoms with van der Waals surface area (Å²) in [5.41, 5.74) is 6.95. The van der Waals surface area contributed by atoms with E-state index in [1.165, 1.54) is 12.1 Å². The number of amides is 1. The standard InChI is InChI=1S/C24H28F2N4O2/c1-24(2,3)32-23(31)29-7-4-15(5-8-29)17-11-19(25)21(28-13-17)14-30-9-6-16-10-18(27)12-20(26)22(16)30/h6,9-13,15H,4-5,7-8,14,27H2,1-3H3. The molecule has 0 spiro atoms. The van der Waals surface area contributed by atoms with E-state index in [0.717, 1.165) is 5.56 Å². The van der Waals surface area contributed by atoms with Crippen molar-refractivity contribution in [1.82, 2.24) is 14.5 Å². The molecule has 0 aliphatic carbocycles. The number of benzene rings is 1. The molecule has 3 aromatic rings. The molecule has 0 saturated carbocycles. The number of nitrogens with zero attached hydrogens (tertiary/aromatic N) is 3. The Bertz CT molecular complexity index is 1140. The van der Waals surface area contributed by atoms with Gasteiger partial charge in [0.1, 0.15) is 17.2 Å². The number of anilines is 1. The van der Waals surface area contributed by atoms with Crippen molar-refractivity contribution >= 4 is 22.7 Å². The molecule has 2 aromatic heterocycles. The summed E-state index contributed by atoms with van der Waals surface area (Å²) in [6.45, 7) is 6.76. The summed E-state index contributed by atoms with van der Waals surface area (Å²) in [5, 5.41) is 0.663. The SMILES string of the molecule is CC(C)(C)OC(=O)N1CCC(c2cnc(Cn3ccc4cc(N)cc(F)c43)c(F)c2)CC1. The molecule has 1 aliphatic heterocycles. The molecular weight excluding hydrogens is 414 g/mol. The van der Waals surface area contributed by atoms with Crippen LogP contribution in [0, 0.1) is 11.6 Å². The van der Waals surface area contributed by atoms with Gasteiger partial charge in [-0.2, -0.15) is 0 Å². The van der Waals surface area contributed by atoms with Crippen molar-refractivity contribution in [3.8, 4) is 0 Å². The van der Waals surface area contributed by atoms with Crippen molar-refractivity contribution in [2.75, 3.05) is 18.8 Å². The number of aromatic nitrogens is 2. The molecule has 6 nitrogen and oxygen atoms in total. The monoisotopic (exact) mass is 442 g/mol. The van der Waals surface area contributed by atoms with Crippen LogP contribution in [0.3, 0.4) is 0 Å². The van der Waals surface area contributed by atoms with Gasteiger partial charge in [-0.05, 0) is 69.4 Å². The molecule has 0 unspecified atom stereocenters. The van der Waals surface area contributed by atoms with E-state index in [0.29, 0.717) is 42.5 Å². The Balaban J connectivity index is 1.44. The third-order valence-electron chi connectivity index (χ3n) is 5.71. The van der Waals surface area contributed by atoms with Gasteiger partial charge in [-0.15, -0.1) is 0 Å². The first-order valence-electron chi connectivity index (χ1n) is 10.8. The number of rotatable bonds is 3. The maximum Gasteiger partial charge on any atom is 0.410 e. The Labute approximate surface area is 186 Å². The fourth-order valence-corrected chi connectivity index (χ4v) is 4.15. The van der Waals surface area contributed by atoms with Gasteiger partial charge in [0.15, 0.2) is 0 Å². The van der Waals surface area contributed by atoms with Crippen molar-refractivity contribution in [1.29, 1.82) is 0 Å². The number of halogens is 2. The van der Waals surface area contributed by atoms with Crippen molar-refractivity contribution in [3.63, 3.8) is 0 Å². The molecule has 1 fully saturated rings.